The van der Waals surface area contributed by atoms with Gasteiger partial charge in [-0.15, -0.1) is 0 Å². The first-order valence-electron chi connectivity index (χ1n) is 8.05. The zero-order chi connectivity index (χ0) is 15.0. The second kappa shape index (κ2) is 7.93. The molecule has 1 aliphatic rings. The van der Waals surface area contributed by atoms with Gasteiger partial charge < -0.3 is 9.47 Å². The highest BCUT2D eigenvalue weighted by Gasteiger charge is 2.30. The van der Waals surface area contributed by atoms with Gasteiger partial charge in [0.05, 0.1) is 24.7 Å². The lowest BCUT2D eigenvalue weighted by molar-refractivity contribution is 0.214. The van der Waals surface area contributed by atoms with Crippen LogP contribution in [0.25, 0.3) is 0 Å². The predicted octanol–water partition coefficient (Wildman–Crippen LogP) is 4.72. The van der Waals surface area contributed by atoms with Crippen molar-refractivity contribution in [1.29, 1.82) is 5.26 Å². The smallest absolute Gasteiger partial charge is 0.161 e. The van der Waals surface area contributed by atoms with Gasteiger partial charge in [0.25, 0.3) is 0 Å². The number of benzene rings is 1. The zero-order valence-corrected chi connectivity index (χ0v) is 12.9. The van der Waals surface area contributed by atoms with Gasteiger partial charge in [-0.3, -0.25) is 0 Å². The van der Waals surface area contributed by atoms with Gasteiger partial charge in [-0.05, 0) is 31.9 Å². The van der Waals surface area contributed by atoms with Crippen LogP contribution < -0.4 is 9.47 Å². The molecule has 3 nitrogen and oxygen atoms in total. The molecule has 0 aromatic heterocycles. The minimum atomic E-state index is -0.183. The monoisotopic (exact) mass is 287 g/mol. The van der Waals surface area contributed by atoms with E-state index >= 15 is 0 Å². The van der Waals surface area contributed by atoms with E-state index in [1.807, 2.05) is 31.2 Å². The van der Waals surface area contributed by atoms with E-state index in [-0.39, 0.29) is 5.41 Å². The van der Waals surface area contributed by atoms with E-state index in [0.717, 1.165) is 30.8 Å². The lowest BCUT2D eigenvalue weighted by Gasteiger charge is -2.24. The van der Waals surface area contributed by atoms with E-state index in [4.69, 9.17) is 9.47 Å². The van der Waals surface area contributed by atoms with Crippen molar-refractivity contribution in [2.75, 3.05) is 13.2 Å². The molecular weight excluding hydrogens is 262 g/mol. The lowest BCUT2D eigenvalue weighted by atomic mass is 9.79. The maximum absolute atomic E-state index is 9.57. The van der Waals surface area contributed by atoms with E-state index in [9.17, 15) is 5.26 Å². The van der Waals surface area contributed by atoms with Crippen LogP contribution in [0.15, 0.2) is 24.3 Å². The Morgan fingerprint density at radius 3 is 2.24 bits per heavy atom. The average Bonchev–Trinajstić information content (AvgIpc) is 2.75. The Morgan fingerprint density at radius 1 is 1.05 bits per heavy atom. The van der Waals surface area contributed by atoms with Crippen molar-refractivity contribution < 1.29 is 9.47 Å². The fraction of sp³-hybridized carbons (Fsp3) is 0.611. The van der Waals surface area contributed by atoms with E-state index in [1.54, 1.807) is 0 Å². The summed E-state index contributed by atoms with van der Waals surface area (Å²) in [5.41, 5.74) is -0.183. The molecule has 1 aliphatic carbocycles. The minimum absolute atomic E-state index is 0.183. The first kappa shape index (κ1) is 15.7. The maximum atomic E-state index is 9.57. The number of ether oxygens (including phenoxy) is 2. The molecule has 0 amide bonds. The number of nitriles is 1. The van der Waals surface area contributed by atoms with Gasteiger partial charge in [-0.25, -0.2) is 0 Å². The summed E-state index contributed by atoms with van der Waals surface area (Å²) in [7, 11) is 0. The fourth-order valence-electron chi connectivity index (χ4n) is 3.02. The molecular formula is C18H25NO2. The van der Waals surface area contributed by atoms with Gasteiger partial charge >= 0.3 is 0 Å². The summed E-state index contributed by atoms with van der Waals surface area (Å²) in [6, 6.07) is 10.3. The Hall–Kier alpha value is -1.69. The van der Waals surface area contributed by atoms with E-state index in [2.05, 4.69) is 6.07 Å². The molecule has 3 heteroatoms. The van der Waals surface area contributed by atoms with Crippen molar-refractivity contribution in [1.82, 2.24) is 0 Å². The van der Waals surface area contributed by atoms with Gasteiger partial charge in [0.2, 0.25) is 0 Å². The molecule has 0 N–H and O–H groups in total. The molecule has 0 saturated heterocycles. The van der Waals surface area contributed by atoms with Gasteiger partial charge in [-0.2, -0.15) is 5.26 Å². The Bertz CT molecular complexity index is 470. The summed E-state index contributed by atoms with van der Waals surface area (Å²) in [6.45, 7) is 3.17. The molecule has 0 radical (unpaired) electrons. The largest absolute Gasteiger partial charge is 0.490 e. The van der Waals surface area contributed by atoms with Crippen molar-refractivity contribution >= 4 is 0 Å². The van der Waals surface area contributed by atoms with E-state index in [1.165, 1.54) is 25.7 Å². The highest BCUT2D eigenvalue weighted by atomic mass is 16.5. The number of para-hydroxylation sites is 2. The second-order valence-electron chi connectivity index (χ2n) is 5.78. The Kier molecular flexibility index (Phi) is 5.92. The van der Waals surface area contributed by atoms with Crippen LogP contribution in [0.3, 0.4) is 0 Å². The third-order valence-corrected chi connectivity index (χ3v) is 4.29. The summed E-state index contributed by atoms with van der Waals surface area (Å²) < 4.78 is 11.4. The third kappa shape index (κ3) is 4.39. The zero-order valence-electron chi connectivity index (χ0n) is 12.9. The summed E-state index contributed by atoms with van der Waals surface area (Å²) in [5.74, 6) is 1.56. The molecule has 0 atom stereocenters. The van der Waals surface area contributed by atoms with Gasteiger partial charge in [0.15, 0.2) is 11.5 Å². The molecule has 1 aromatic carbocycles. The SMILES string of the molecule is CCOc1ccccc1OCCC1(C#N)CCCCCC1. The van der Waals surface area contributed by atoms with Gasteiger partial charge in [0.1, 0.15) is 0 Å². The summed E-state index contributed by atoms with van der Waals surface area (Å²) >= 11 is 0. The van der Waals surface area contributed by atoms with Crippen LogP contribution >= 0.6 is 0 Å². The van der Waals surface area contributed by atoms with E-state index in [0.29, 0.717) is 13.2 Å². The summed E-state index contributed by atoms with van der Waals surface area (Å²) in [5, 5.41) is 9.57. The molecule has 114 valence electrons. The van der Waals surface area contributed by atoms with Crippen molar-refractivity contribution in [3.05, 3.63) is 24.3 Å². The molecule has 1 aromatic rings. The minimum Gasteiger partial charge on any atom is -0.490 e. The van der Waals surface area contributed by atoms with Crippen molar-refractivity contribution in [2.24, 2.45) is 5.41 Å². The second-order valence-corrected chi connectivity index (χ2v) is 5.78. The Labute approximate surface area is 127 Å². The van der Waals surface area contributed by atoms with Gasteiger partial charge in [-0.1, -0.05) is 37.8 Å². The highest BCUT2D eigenvalue weighted by Crippen LogP contribution is 2.38. The highest BCUT2D eigenvalue weighted by molar-refractivity contribution is 5.39. The molecule has 1 fully saturated rings. The van der Waals surface area contributed by atoms with Gasteiger partial charge in [0, 0.05) is 6.42 Å². The summed E-state index contributed by atoms with van der Waals surface area (Å²) in [4.78, 5) is 0. The molecule has 21 heavy (non-hydrogen) atoms. The number of nitrogens with zero attached hydrogens (tertiary/aromatic N) is 1. The van der Waals surface area contributed by atoms with Crippen LogP contribution in [-0.2, 0) is 0 Å². The van der Waals surface area contributed by atoms with E-state index < -0.39 is 0 Å². The lowest BCUT2D eigenvalue weighted by Crippen LogP contribution is -2.21. The number of hydrogen-bond acceptors (Lipinski definition) is 3. The molecule has 0 aliphatic heterocycles. The third-order valence-electron chi connectivity index (χ3n) is 4.29. The Balaban J connectivity index is 1.92. The first-order chi connectivity index (χ1) is 10.3. The standard InChI is InChI=1S/C18H25NO2/c1-2-20-16-9-5-6-10-17(16)21-14-13-18(15-19)11-7-3-4-8-12-18/h5-6,9-10H,2-4,7-8,11-14H2,1H3. The van der Waals surface area contributed by atoms with Crippen LogP contribution in [-0.4, -0.2) is 13.2 Å². The quantitative estimate of drug-likeness (QED) is 0.711. The number of rotatable bonds is 6. The molecule has 2 rings (SSSR count). The van der Waals surface area contributed by atoms with Crippen LogP contribution in [0, 0.1) is 16.7 Å². The number of hydrogen-bond donors (Lipinski definition) is 0. The van der Waals surface area contributed by atoms with Crippen molar-refractivity contribution in [3.8, 4) is 17.6 Å². The predicted molar refractivity (Wildman–Crippen MR) is 83.5 cm³/mol. The topological polar surface area (TPSA) is 42.2 Å². The van der Waals surface area contributed by atoms with Crippen molar-refractivity contribution in [2.45, 2.75) is 51.9 Å². The summed E-state index contributed by atoms with van der Waals surface area (Å²) in [6.07, 6.45) is 7.70. The Morgan fingerprint density at radius 2 is 1.67 bits per heavy atom. The van der Waals surface area contributed by atoms with Crippen LogP contribution in [0.1, 0.15) is 51.9 Å². The normalized spacial score (nSPS) is 17.5. The molecule has 0 bridgehead atoms. The molecule has 0 heterocycles. The molecule has 0 spiro atoms. The van der Waals surface area contributed by atoms with Crippen LogP contribution in [0.2, 0.25) is 0 Å². The fourth-order valence-corrected chi connectivity index (χ4v) is 3.02. The average molecular weight is 287 g/mol. The molecule has 1 saturated carbocycles. The first-order valence-corrected chi connectivity index (χ1v) is 8.05. The van der Waals surface area contributed by atoms with Crippen LogP contribution in [0.5, 0.6) is 11.5 Å². The van der Waals surface area contributed by atoms with Crippen LogP contribution in [0.4, 0.5) is 0 Å². The van der Waals surface area contributed by atoms with Crippen molar-refractivity contribution in [3.63, 3.8) is 0 Å². The molecule has 0 unspecified atom stereocenters. The maximum Gasteiger partial charge on any atom is 0.161 e.